The van der Waals surface area contributed by atoms with Gasteiger partial charge in [-0.25, -0.2) is 0 Å². The van der Waals surface area contributed by atoms with Crippen LogP contribution in [0.4, 0.5) is 0 Å². The van der Waals surface area contributed by atoms with Crippen LogP contribution in [-0.2, 0) is 4.74 Å². The molecule has 0 saturated carbocycles. The Balaban J connectivity index is 2.12. The summed E-state index contributed by atoms with van der Waals surface area (Å²) in [5, 5.41) is 7.58. The predicted octanol–water partition coefficient (Wildman–Crippen LogP) is 1.87. The number of ether oxygens (including phenoxy) is 1. The highest BCUT2D eigenvalue weighted by Crippen LogP contribution is 2.26. The smallest absolute Gasteiger partial charge is 0.234 e. The van der Waals surface area contributed by atoms with Gasteiger partial charge in [-0.3, -0.25) is 0 Å². The van der Waals surface area contributed by atoms with E-state index >= 15 is 0 Å². The van der Waals surface area contributed by atoms with Crippen LogP contribution in [0.5, 0.6) is 0 Å². The second-order valence-electron chi connectivity index (χ2n) is 3.16. The summed E-state index contributed by atoms with van der Waals surface area (Å²) < 4.78 is 10.6. The predicted molar refractivity (Wildman–Crippen MR) is 46.7 cm³/mol. The molecule has 13 heavy (non-hydrogen) atoms. The van der Waals surface area contributed by atoms with Gasteiger partial charge in [0.1, 0.15) is 5.38 Å². The van der Waals surface area contributed by atoms with Crippen LogP contribution in [-0.4, -0.2) is 23.4 Å². The van der Waals surface area contributed by atoms with Crippen LogP contribution in [0.25, 0.3) is 0 Å². The van der Waals surface area contributed by atoms with E-state index < -0.39 is 0 Å². The molecular formula is C8H11ClN2O2. The first-order valence-corrected chi connectivity index (χ1v) is 4.76. The van der Waals surface area contributed by atoms with Gasteiger partial charge in [0.25, 0.3) is 0 Å². The van der Waals surface area contributed by atoms with Crippen LogP contribution in [0.15, 0.2) is 4.42 Å². The zero-order valence-electron chi connectivity index (χ0n) is 7.36. The highest BCUT2D eigenvalue weighted by atomic mass is 35.5. The van der Waals surface area contributed by atoms with Crippen molar-refractivity contribution in [3.63, 3.8) is 0 Å². The molecule has 1 fully saturated rings. The van der Waals surface area contributed by atoms with Crippen molar-refractivity contribution in [2.75, 3.05) is 13.2 Å². The topological polar surface area (TPSA) is 48.2 Å². The van der Waals surface area contributed by atoms with Crippen LogP contribution in [0, 0.1) is 0 Å². The van der Waals surface area contributed by atoms with E-state index in [0.717, 1.165) is 13.0 Å². The minimum absolute atomic E-state index is 0.219. The molecule has 4 nitrogen and oxygen atoms in total. The van der Waals surface area contributed by atoms with Crippen molar-refractivity contribution in [1.82, 2.24) is 10.2 Å². The first-order valence-electron chi connectivity index (χ1n) is 4.32. The molecule has 0 aromatic carbocycles. The number of hydrogen-bond donors (Lipinski definition) is 0. The number of halogens is 1. The van der Waals surface area contributed by atoms with Crippen LogP contribution < -0.4 is 0 Å². The number of rotatable bonds is 2. The first kappa shape index (κ1) is 8.97. The summed E-state index contributed by atoms with van der Waals surface area (Å²) >= 11 is 5.80. The van der Waals surface area contributed by atoms with Gasteiger partial charge in [0.15, 0.2) is 0 Å². The van der Waals surface area contributed by atoms with E-state index in [0.29, 0.717) is 18.4 Å². The summed E-state index contributed by atoms with van der Waals surface area (Å²) in [5.74, 6) is 1.40. The maximum atomic E-state index is 5.80. The van der Waals surface area contributed by atoms with Gasteiger partial charge in [-0.05, 0) is 13.3 Å². The van der Waals surface area contributed by atoms with Crippen LogP contribution in [0.1, 0.15) is 36.4 Å². The minimum atomic E-state index is -0.219. The van der Waals surface area contributed by atoms with Gasteiger partial charge in [0.05, 0.1) is 12.5 Å². The summed E-state index contributed by atoms with van der Waals surface area (Å²) in [6, 6.07) is 0. The SMILES string of the molecule is CC(Cl)c1nnc(C2CCOC2)o1. The molecule has 2 atom stereocenters. The Labute approximate surface area is 81.2 Å². The number of aromatic nitrogens is 2. The fourth-order valence-electron chi connectivity index (χ4n) is 1.30. The maximum Gasteiger partial charge on any atom is 0.234 e. The number of alkyl halides is 1. The standard InChI is InChI=1S/C8H11ClN2O2/c1-5(9)7-10-11-8(13-7)6-2-3-12-4-6/h5-6H,2-4H2,1H3. The average molecular weight is 203 g/mol. The average Bonchev–Trinajstić information content (AvgIpc) is 2.75. The molecule has 0 N–H and O–H groups in total. The van der Waals surface area contributed by atoms with Crippen molar-refractivity contribution in [2.45, 2.75) is 24.6 Å². The monoisotopic (exact) mass is 202 g/mol. The van der Waals surface area contributed by atoms with Crippen molar-refractivity contribution in [1.29, 1.82) is 0 Å². The molecule has 5 heteroatoms. The Morgan fingerprint density at radius 3 is 2.92 bits per heavy atom. The van der Waals surface area contributed by atoms with E-state index in [1.54, 1.807) is 0 Å². The summed E-state index contributed by atoms with van der Waals surface area (Å²) in [5.41, 5.74) is 0. The molecular weight excluding hydrogens is 192 g/mol. The van der Waals surface area contributed by atoms with Gasteiger partial charge in [0, 0.05) is 6.61 Å². The molecule has 0 radical (unpaired) electrons. The molecule has 0 bridgehead atoms. The molecule has 1 aliphatic rings. The summed E-state index contributed by atoms with van der Waals surface area (Å²) in [6.45, 7) is 3.26. The molecule has 0 aliphatic carbocycles. The van der Waals surface area contributed by atoms with E-state index in [9.17, 15) is 0 Å². The molecule has 1 aromatic rings. The quantitative estimate of drug-likeness (QED) is 0.687. The van der Waals surface area contributed by atoms with E-state index in [-0.39, 0.29) is 11.3 Å². The lowest BCUT2D eigenvalue weighted by molar-refractivity contribution is 0.190. The summed E-state index contributed by atoms with van der Waals surface area (Å²) in [4.78, 5) is 0. The number of hydrogen-bond acceptors (Lipinski definition) is 4. The lowest BCUT2D eigenvalue weighted by atomic mass is 10.1. The molecule has 1 aromatic heterocycles. The van der Waals surface area contributed by atoms with E-state index in [4.69, 9.17) is 20.8 Å². The third-order valence-electron chi connectivity index (χ3n) is 2.08. The van der Waals surface area contributed by atoms with Crippen molar-refractivity contribution in [2.24, 2.45) is 0 Å². The van der Waals surface area contributed by atoms with Gasteiger partial charge in [0.2, 0.25) is 11.8 Å². The lowest BCUT2D eigenvalue weighted by Crippen LogP contribution is -1.97. The largest absolute Gasteiger partial charge is 0.423 e. The molecule has 1 saturated heterocycles. The van der Waals surface area contributed by atoms with E-state index in [1.807, 2.05) is 6.92 Å². The van der Waals surface area contributed by atoms with Crippen molar-refractivity contribution >= 4 is 11.6 Å². The number of nitrogens with zero attached hydrogens (tertiary/aromatic N) is 2. The minimum Gasteiger partial charge on any atom is -0.423 e. The van der Waals surface area contributed by atoms with Gasteiger partial charge in [-0.2, -0.15) is 0 Å². The molecule has 1 aliphatic heterocycles. The van der Waals surface area contributed by atoms with Crippen LogP contribution in [0.3, 0.4) is 0 Å². The molecule has 72 valence electrons. The molecule has 2 rings (SSSR count). The Kier molecular flexibility index (Phi) is 2.51. The molecule has 2 unspecified atom stereocenters. The van der Waals surface area contributed by atoms with Crippen molar-refractivity contribution < 1.29 is 9.15 Å². The third kappa shape index (κ3) is 1.84. The molecule has 2 heterocycles. The Bertz CT molecular complexity index is 281. The highest BCUT2D eigenvalue weighted by Gasteiger charge is 2.24. The van der Waals surface area contributed by atoms with Crippen LogP contribution in [0.2, 0.25) is 0 Å². The fraction of sp³-hybridized carbons (Fsp3) is 0.750. The fourth-order valence-corrected chi connectivity index (χ4v) is 1.39. The van der Waals surface area contributed by atoms with Gasteiger partial charge in [-0.15, -0.1) is 21.8 Å². The van der Waals surface area contributed by atoms with Crippen LogP contribution >= 0.6 is 11.6 Å². The zero-order valence-corrected chi connectivity index (χ0v) is 8.12. The highest BCUT2D eigenvalue weighted by molar-refractivity contribution is 6.20. The van der Waals surface area contributed by atoms with E-state index in [1.165, 1.54) is 0 Å². The third-order valence-corrected chi connectivity index (χ3v) is 2.26. The lowest BCUT2D eigenvalue weighted by Gasteiger charge is -1.99. The second-order valence-corrected chi connectivity index (χ2v) is 3.81. The molecule has 0 spiro atoms. The normalized spacial score (nSPS) is 24.9. The van der Waals surface area contributed by atoms with Crippen molar-refractivity contribution in [3.05, 3.63) is 11.8 Å². The summed E-state index contributed by atoms with van der Waals surface area (Å²) in [6.07, 6.45) is 0.957. The second kappa shape index (κ2) is 3.64. The maximum absolute atomic E-state index is 5.80. The first-order chi connectivity index (χ1) is 6.27. The van der Waals surface area contributed by atoms with Crippen molar-refractivity contribution in [3.8, 4) is 0 Å². The molecule has 0 amide bonds. The van der Waals surface area contributed by atoms with Gasteiger partial charge in [-0.1, -0.05) is 0 Å². The zero-order chi connectivity index (χ0) is 9.26. The van der Waals surface area contributed by atoms with E-state index in [2.05, 4.69) is 10.2 Å². The Morgan fingerprint density at radius 2 is 2.38 bits per heavy atom. The van der Waals surface area contributed by atoms with Gasteiger partial charge < -0.3 is 9.15 Å². The summed E-state index contributed by atoms with van der Waals surface area (Å²) in [7, 11) is 0. The Hall–Kier alpha value is -0.610. The van der Waals surface area contributed by atoms with Gasteiger partial charge >= 0.3 is 0 Å². The Morgan fingerprint density at radius 1 is 1.54 bits per heavy atom.